The summed E-state index contributed by atoms with van der Waals surface area (Å²) in [7, 11) is 0. The second-order valence-corrected chi connectivity index (χ2v) is 6.06. The molecular weight excluding hydrogens is 315 g/mol. The van der Waals surface area contributed by atoms with E-state index in [1.54, 1.807) is 26.8 Å². The van der Waals surface area contributed by atoms with Crippen LogP contribution in [-0.2, 0) is 9.59 Å². The van der Waals surface area contributed by atoms with Crippen molar-refractivity contribution in [3.05, 3.63) is 27.7 Å². The highest BCUT2D eigenvalue weighted by Crippen LogP contribution is 2.34. The number of carbonyl (C=O) groups is 3. The summed E-state index contributed by atoms with van der Waals surface area (Å²) in [4.78, 5) is 37.2. The highest BCUT2D eigenvalue weighted by atomic mass is 35.5. The summed E-state index contributed by atoms with van der Waals surface area (Å²) < 4.78 is 0. The first-order chi connectivity index (χ1) is 9.73. The quantitative estimate of drug-likeness (QED) is 0.848. The van der Waals surface area contributed by atoms with E-state index >= 15 is 0 Å². The number of nitrogens with zero attached hydrogens (tertiary/aromatic N) is 1. The normalized spacial score (nSPS) is 19.2. The zero-order valence-electron chi connectivity index (χ0n) is 11.7. The van der Waals surface area contributed by atoms with Gasteiger partial charge in [-0.1, -0.05) is 37.0 Å². The Balaban J connectivity index is 2.52. The molecule has 1 saturated heterocycles. The van der Waals surface area contributed by atoms with E-state index in [2.05, 4.69) is 5.32 Å². The van der Waals surface area contributed by atoms with Crippen LogP contribution in [0.5, 0.6) is 0 Å². The Hall–Kier alpha value is -1.59. The Labute approximate surface area is 132 Å². The average Bonchev–Trinajstić information content (AvgIpc) is 2.34. The molecule has 21 heavy (non-hydrogen) atoms. The molecule has 0 aromatic heterocycles. The molecule has 1 aromatic carbocycles. The molecule has 1 aromatic rings. The van der Waals surface area contributed by atoms with E-state index in [4.69, 9.17) is 23.2 Å². The fraction of sp³-hybridized carbons (Fsp3) is 0.357. The number of barbiturate groups is 1. The molecule has 0 bridgehead atoms. The van der Waals surface area contributed by atoms with Gasteiger partial charge in [-0.15, -0.1) is 0 Å². The lowest BCUT2D eigenvalue weighted by Crippen LogP contribution is -2.59. The third-order valence-electron chi connectivity index (χ3n) is 3.34. The number of hydrogen-bond donors (Lipinski definition) is 1. The summed E-state index contributed by atoms with van der Waals surface area (Å²) in [5.74, 6) is -2.36. The summed E-state index contributed by atoms with van der Waals surface area (Å²) in [6, 6.07) is 2.20. The Morgan fingerprint density at radius 1 is 1.14 bits per heavy atom. The topological polar surface area (TPSA) is 66.5 Å². The molecular formula is C14H14Cl2N2O3. The molecule has 1 aliphatic rings. The van der Waals surface area contributed by atoms with Gasteiger partial charge in [-0.25, -0.2) is 9.69 Å². The predicted octanol–water partition coefficient (Wildman–Crippen LogP) is 3.16. The van der Waals surface area contributed by atoms with Crippen LogP contribution in [0.3, 0.4) is 0 Å². The molecule has 4 amide bonds. The van der Waals surface area contributed by atoms with Crippen LogP contribution in [0.25, 0.3) is 0 Å². The molecule has 2 rings (SSSR count). The standard InChI is InChI=1S/C14H14Cl2N2O3/c1-6(2)11-12(19)17-14(21)18(13(11)20)10-5-8(15)7(3)4-9(10)16/h4-6,11H,1-3H3,(H,17,19,21). The van der Waals surface area contributed by atoms with Gasteiger partial charge in [0.05, 0.1) is 10.7 Å². The molecule has 7 heteroatoms. The summed E-state index contributed by atoms with van der Waals surface area (Å²) in [5.41, 5.74) is 0.902. The Bertz CT molecular complexity index is 643. The number of urea groups is 1. The van der Waals surface area contributed by atoms with Crippen molar-refractivity contribution in [1.29, 1.82) is 0 Å². The SMILES string of the molecule is Cc1cc(Cl)c(N2C(=O)NC(=O)C(C(C)C)C2=O)cc1Cl. The van der Waals surface area contributed by atoms with Gasteiger partial charge in [-0.05, 0) is 30.5 Å². The molecule has 1 heterocycles. The number of aryl methyl sites for hydroxylation is 1. The smallest absolute Gasteiger partial charge is 0.277 e. The molecule has 0 spiro atoms. The average molecular weight is 329 g/mol. The monoisotopic (exact) mass is 328 g/mol. The minimum absolute atomic E-state index is 0.174. The van der Waals surface area contributed by atoms with Crippen LogP contribution >= 0.6 is 23.2 Å². The van der Waals surface area contributed by atoms with Gasteiger partial charge in [0.1, 0.15) is 5.92 Å². The van der Waals surface area contributed by atoms with Gasteiger partial charge in [-0.3, -0.25) is 14.9 Å². The van der Waals surface area contributed by atoms with E-state index in [0.717, 1.165) is 10.5 Å². The van der Waals surface area contributed by atoms with Crippen LogP contribution in [0, 0.1) is 18.8 Å². The van der Waals surface area contributed by atoms with Crippen molar-refractivity contribution in [2.45, 2.75) is 20.8 Å². The molecule has 5 nitrogen and oxygen atoms in total. The van der Waals surface area contributed by atoms with Crippen molar-refractivity contribution in [2.24, 2.45) is 11.8 Å². The van der Waals surface area contributed by atoms with Crippen molar-refractivity contribution < 1.29 is 14.4 Å². The molecule has 112 valence electrons. The summed E-state index contributed by atoms with van der Waals surface area (Å²) in [6.07, 6.45) is 0. The Morgan fingerprint density at radius 3 is 2.33 bits per heavy atom. The second kappa shape index (κ2) is 5.66. The maximum Gasteiger partial charge on any atom is 0.335 e. The summed E-state index contributed by atoms with van der Waals surface area (Å²) in [6.45, 7) is 5.23. The van der Waals surface area contributed by atoms with E-state index in [0.29, 0.717) is 5.02 Å². The molecule has 1 aliphatic heterocycles. The van der Waals surface area contributed by atoms with Gasteiger partial charge in [-0.2, -0.15) is 0 Å². The van der Waals surface area contributed by atoms with E-state index in [1.165, 1.54) is 6.07 Å². The first-order valence-corrected chi connectivity index (χ1v) is 7.14. The number of anilines is 1. The number of nitrogens with one attached hydrogen (secondary N) is 1. The van der Waals surface area contributed by atoms with Gasteiger partial charge in [0.15, 0.2) is 0 Å². The van der Waals surface area contributed by atoms with Crippen LogP contribution in [0.2, 0.25) is 10.0 Å². The largest absolute Gasteiger partial charge is 0.335 e. The lowest BCUT2D eigenvalue weighted by molar-refractivity contribution is -0.136. The third kappa shape index (κ3) is 2.76. The van der Waals surface area contributed by atoms with Crippen LogP contribution in [-0.4, -0.2) is 17.8 Å². The van der Waals surface area contributed by atoms with E-state index in [1.807, 2.05) is 0 Å². The lowest BCUT2D eigenvalue weighted by atomic mass is 9.92. The van der Waals surface area contributed by atoms with Crippen LogP contribution < -0.4 is 10.2 Å². The van der Waals surface area contributed by atoms with E-state index in [-0.39, 0.29) is 16.6 Å². The minimum Gasteiger partial charge on any atom is -0.277 e. The van der Waals surface area contributed by atoms with E-state index in [9.17, 15) is 14.4 Å². The highest BCUT2D eigenvalue weighted by molar-refractivity contribution is 6.38. The van der Waals surface area contributed by atoms with Crippen LogP contribution in [0.15, 0.2) is 12.1 Å². The second-order valence-electron chi connectivity index (χ2n) is 5.24. The first-order valence-electron chi connectivity index (χ1n) is 6.38. The lowest BCUT2D eigenvalue weighted by Gasteiger charge is -2.32. The van der Waals surface area contributed by atoms with Crippen molar-refractivity contribution in [3.63, 3.8) is 0 Å². The van der Waals surface area contributed by atoms with Crippen LogP contribution in [0.1, 0.15) is 19.4 Å². The van der Waals surface area contributed by atoms with Gasteiger partial charge < -0.3 is 0 Å². The molecule has 1 N–H and O–H groups in total. The van der Waals surface area contributed by atoms with Gasteiger partial charge in [0, 0.05) is 5.02 Å². The van der Waals surface area contributed by atoms with E-state index < -0.39 is 23.8 Å². The zero-order valence-corrected chi connectivity index (χ0v) is 13.2. The Morgan fingerprint density at radius 2 is 1.76 bits per heavy atom. The predicted molar refractivity (Wildman–Crippen MR) is 80.6 cm³/mol. The number of rotatable bonds is 2. The molecule has 1 atom stereocenters. The van der Waals surface area contributed by atoms with Crippen molar-refractivity contribution >= 4 is 46.7 Å². The molecule has 1 unspecified atom stereocenters. The number of hydrogen-bond acceptors (Lipinski definition) is 3. The van der Waals surface area contributed by atoms with Crippen molar-refractivity contribution in [1.82, 2.24) is 5.32 Å². The fourth-order valence-corrected chi connectivity index (χ4v) is 2.67. The Kier molecular flexibility index (Phi) is 4.25. The molecule has 1 fully saturated rings. The molecule has 0 saturated carbocycles. The van der Waals surface area contributed by atoms with Crippen molar-refractivity contribution in [3.8, 4) is 0 Å². The number of halogens is 2. The van der Waals surface area contributed by atoms with Gasteiger partial charge in [0.25, 0.3) is 0 Å². The maximum atomic E-state index is 12.5. The number of amides is 4. The highest BCUT2D eigenvalue weighted by Gasteiger charge is 2.43. The van der Waals surface area contributed by atoms with Crippen molar-refractivity contribution in [2.75, 3.05) is 4.90 Å². The number of carbonyl (C=O) groups excluding carboxylic acids is 3. The van der Waals surface area contributed by atoms with Gasteiger partial charge >= 0.3 is 6.03 Å². The van der Waals surface area contributed by atoms with Crippen LogP contribution in [0.4, 0.5) is 10.5 Å². The number of benzene rings is 1. The summed E-state index contributed by atoms with van der Waals surface area (Å²) >= 11 is 12.1. The van der Waals surface area contributed by atoms with Gasteiger partial charge in [0.2, 0.25) is 11.8 Å². The summed E-state index contributed by atoms with van der Waals surface area (Å²) in [5, 5.41) is 2.78. The minimum atomic E-state index is -0.932. The molecule has 0 aliphatic carbocycles. The molecule has 0 radical (unpaired) electrons. The third-order valence-corrected chi connectivity index (χ3v) is 4.05. The maximum absolute atomic E-state index is 12.5. The number of imide groups is 2. The zero-order chi connectivity index (χ0) is 15.9. The fourth-order valence-electron chi connectivity index (χ4n) is 2.21. The first kappa shape index (κ1) is 15.8.